The number of benzene rings is 2. The van der Waals surface area contributed by atoms with E-state index in [0.29, 0.717) is 18.4 Å². The van der Waals surface area contributed by atoms with E-state index in [9.17, 15) is 14.7 Å². The highest BCUT2D eigenvalue weighted by atomic mass is 16.3. The maximum atomic E-state index is 12.1. The number of rotatable bonds is 4. The average Bonchev–Trinajstić information content (AvgIpc) is 2.80. The lowest BCUT2D eigenvalue weighted by Crippen LogP contribution is -2.07. The first-order valence-electron chi connectivity index (χ1n) is 6.82. The Kier molecular flexibility index (Phi) is 3.44. The van der Waals surface area contributed by atoms with Crippen LogP contribution in [0, 0.1) is 0 Å². The van der Waals surface area contributed by atoms with Crippen LogP contribution in [0.2, 0.25) is 0 Å². The zero-order valence-corrected chi connectivity index (χ0v) is 11.4. The highest BCUT2D eigenvalue weighted by molar-refractivity contribution is 5.99. The SMILES string of the molecule is O=C(Cc1ccc2c(c1)CC(=O)N2)Cc1ccccc1O. The third-order valence-corrected chi connectivity index (χ3v) is 3.58. The predicted molar refractivity (Wildman–Crippen MR) is 79.3 cm³/mol. The number of fused-ring (bicyclic) bond motifs is 1. The predicted octanol–water partition coefficient (Wildman–Crippen LogP) is 2.24. The molecule has 0 aromatic heterocycles. The topological polar surface area (TPSA) is 66.4 Å². The number of hydrogen-bond donors (Lipinski definition) is 2. The molecule has 1 heterocycles. The molecular formula is C17H15NO3. The van der Waals surface area contributed by atoms with E-state index in [1.54, 1.807) is 24.3 Å². The fourth-order valence-electron chi connectivity index (χ4n) is 2.56. The zero-order chi connectivity index (χ0) is 14.8. The number of carbonyl (C=O) groups is 2. The Morgan fingerprint density at radius 1 is 1.14 bits per heavy atom. The molecule has 1 amide bonds. The Bertz CT molecular complexity index is 722. The van der Waals surface area contributed by atoms with Crippen molar-refractivity contribution in [2.75, 3.05) is 5.32 Å². The molecule has 106 valence electrons. The van der Waals surface area contributed by atoms with Gasteiger partial charge < -0.3 is 10.4 Å². The number of amides is 1. The van der Waals surface area contributed by atoms with Gasteiger partial charge in [-0.1, -0.05) is 30.3 Å². The first kappa shape index (κ1) is 13.4. The Labute approximate surface area is 122 Å². The van der Waals surface area contributed by atoms with Crippen molar-refractivity contribution in [2.24, 2.45) is 0 Å². The van der Waals surface area contributed by atoms with Gasteiger partial charge in [0.25, 0.3) is 0 Å². The third-order valence-electron chi connectivity index (χ3n) is 3.58. The summed E-state index contributed by atoms with van der Waals surface area (Å²) in [5.41, 5.74) is 3.30. The molecule has 3 rings (SSSR count). The quantitative estimate of drug-likeness (QED) is 0.903. The molecule has 4 heteroatoms. The largest absolute Gasteiger partial charge is 0.508 e. The lowest BCUT2D eigenvalue weighted by molar-refractivity contribution is -0.118. The summed E-state index contributed by atoms with van der Waals surface area (Å²) >= 11 is 0. The number of para-hydroxylation sites is 1. The fourth-order valence-corrected chi connectivity index (χ4v) is 2.56. The first-order valence-corrected chi connectivity index (χ1v) is 6.82. The molecular weight excluding hydrogens is 266 g/mol. The number of ketones is 1. The minimum Gasteiger partial charge on any atom is -0.508 e. The summed E-state index contributed by atoms with van der Waals surface area (Å²) < 4.78 is 0. The molecule has 21 heavy (non-hydrogen) atoms. The van der Waals surface area contributed by atoms with Crippen LogP contribution in [0.15, 0.2) is 42.5 Å². The number of carbonyl (C=O) groups excluding carboxylic acids is 2. The van der Waals surface area contributed by atoms with Gasteiger partial charge in [0.2, 0.25) is 5.91 Å². The number of aromatic hydroxyl groups is 1. The Morgan fingerprint density at radius 2 is 1.95 bits per heavy atom. The van der Waals surface area contributed by atoms with Gasteiger partial charge >= 0.3 is 0 Å². The number of phenolic OH excluding ortho intramolecular Hbond substituents is 1. The molecule has 1 aliphatic rings. The normalized spacial score (nSPS) is 12.9. The molecule has 4 nitrogen and oxygen atoms in total. The minimum atomic E-state index is -0.0114. The van der Waals surface area contributed by atoms with Crippen LogP contribution in [0.3, 0.4) is 0 Å². The van der Waals surface area contributed by atoms with Gasteiger partial charge in [-0.2, -0.15) is 0 Å². The van der Waals surface area contributed by atoms with Crippen LogP contribution in [0.5, 0.6) is 5.75 Å². The molecule has 0 saturated carbocycles. The van der Waals surface area contributed by atoms with E-state index in [1.165, 1.54) is 0 Å². The highest BCUT2D eigenvalue weighted by Gasteiger charge is 2.18. The van der Waals surface area contributed by atoms with Gasteiger partial charge in [-0.05, 0) is 23.3 Å². The van der Waals surface area contributed by atoms with Gasteiger partial charge in [-0.15, -0.1) is 0 Å². The van der Waals surface area contributed by atoms with E-state index < -0.39 is 0 Å². The summed E-state index contributed by atoms with van der Waals surface area (Å²) in [6, 6.07) is 12.4. The second-order valence-electron chi connectivity index (χ2n) is 5.24. The molecule has 0 saturated heterocycles. The van der Waals surface area contributed by atoms with Crippen molar-refractivity contribution < 1.29 is 14.7 Å². The van der Waals surface area contributed by atoms with Crippen molar-refractivity contribution >= 4 is 17.4 Å². The summed E-state index contributed by atoms with van der Waals surface area (Å²) in [7, 11) is 0. The number of hydrogen-bond acceptors (Lipinski definition) is 3. The van der Waals surface area contributed by atoms with E-state index in [1.807, 2.05) is 18.2 Å². The van der Waals surface area contributed by atoms with Gasteiger partial charge in [0, 0.05) is 24.1 Å². The lowest BCUT2D eigenvalue weighted by atomic mass is 10.00. The molecule has 2 aromatic rings. The van der Waals surface area contributed by atoms with Gasteiger partial charge in [0.15, 0.2) is 0 Å². The number of nitrogens with one attached hydrogen (secondary N) is 1. The molecule has 0 bridgehead atoms. The fraction of sp³-hybridized carbons (Fsp3) is 0.176. The smallest absolute Gasteiger partial charge is 0.228 e. The molecule has 0 atom stereocenters. The Morgan fingerprint density at radius 3 is 2.76 bits per heavy atom. The van der Waals surface area contributed by atoms with Gasteiger partial charge in [-0.3, -0.25) is 9.59 Å². The maximum Gasteiger partial charge on any atom is 0.228 e. The summed E-state index contributed by atoms with van der Waals surface area (Å²) in [5, 5.41) is 12.5. The molecule has 0 fully saturated rings. The second-order valence-corrected chi connectivity index (χ2v) is 5.24. The molecule has 0 radical (unpaired) electrons. The Hall–Kier alpha value is -2.62. The van der Waals surface area contributed by atoms with Crippen LogP contribution in [0.4, 0.5) is 5.69 Å². The van der Waals surface area contributed by atoms with Crippen LogP contribution in [-0.2, 0) is 28.9 Å². The van der Waals surface area contributed by atoms with Crippen LogP contribution in [0.25, 0.3) is 0 Å². The molecule has 0 aliphatic carbocycles. The summed E-state index contributed by atoms with van der Waals surface area (Å²) in [6.07, 6.45) is 0.883. The van der Waals surface area contributed by atoms with Gasteiger partial charge in [0.05, 0.1) is 6.42 Å². The molecule has 0 unspecified atom stereocenters. The van der Waals surface area contributed by atoms with Crippen LogP contribution in [0.1, 0.15) is 16.7 Å². The first-order chi connectivity index (χ1) is 10.1. The molecule has 0 spiro atoms. The van der Waals surface area contributed by atoms with Crippen molar-refractivity contribution in [3.8, 4) is 5.75 Å². The van der Waals surface area contributed by atoms with E-state index in [-0.39, 0.29) is 23.9 Å². The van der Waals surface area contributed by atoms with E-state index >= 15 is 0 Å². The van der Waals surface area contributed by atoms with Crippen LogP contribution >= 0.6 is 0 Å². The number of phenols is 1. The summed E-state index contributed by atoms with van der Waals surface area (Å²) in [5.74, 6) is 0.172. The standard InChI is InChI=1S/C17H15NO3/c19-14(9-12-3-1-2-4-16(12)20)8-11-5-6-15-13(7-11)10-17(21)18-15/h1-7,20H,8-10H2,(H,18,21). The number of anilines is 1. The zero-order valence-electron chi connectivity index (χ0n) is 11.4. The molecule has 1 aliphatic heterocycles. The highest BCUT2D eigenvalue weighted by Crippen LogP contribution is 2.24. The monoisotopic (exact) mass is 281 g/mol. The maximum absolute atomic E-state index is 12.1. The van der Waals surface area contributed by atoms with Crippen molar-refractivity contribution in [2.45, 2.75) is 19.3 Å². The van der Waals surface area contributed by atoms with E-state index in [0.717, 1.165) is 16.8 Å². The van der Waals surface area contributed by atoms with Crippen LogP contribution in [-0.4, -0.2) is 16.8 Å². The lowest BCUT2D eigenvalue weighted by Gasteiger charge is -2.05. The van der Waals surface area contributed by atoms with E-state index in [4.69, 9.17) is 0 Å². The van der Waals surface area contributed by atoms with Crippen molar-refractivity contribution in [1.82, 2.24) is 0 Å². The van der Waals surface area contributed by atoms with Crippen molar-refractivity contribution in [1.29, 1.82) is 0 Å². The van der Waals surface area contributed by atoms with Crippen molar-refractivity contribution in [3.63, 3.8) is 0 Å². The van der Waals surface area contributed by atoms with E-state index in [2.05, 4.69) is 5.32 Å². The average molecular weight is 281 g/mol. The molecule has 2 aromatic carbocycles. The van der Waals surface area contributed by atoms with Gasteiger partial charge in [0.1, 0.15) is 11.5 Å². The minimum absolute atomic E-state index is 0.0114. The summed E-state index contributed by atoms with van der Waals surface area (Å²) in [4.78, 5) is 23.4. The van der Waals surface area contributed by atoms with Crippen molar-refractivity contribution in [3.05, 3.63) is 59.2 Å². The van der Waals surface area contributed by atoms with Gasteiger partial charge in [-0.25, -0.2) is 0 Å². The number of Topliss-reactive ketones (excluding diaryl/α,β-unsaturated/α-hetero) is 1. The third kappa shape index (κ3) is 2.94. The Balaban J connectivity index is 1.70. The second kappa shape index (κ2) is 5.40. The van der Waals surface area contributed by atoms with Crippen LogP contribution < -0.4 is 5.32 Å². The molecule has 2 N–H and O–H groups in total. The summed E-state index contributed by atoms with van der Waals surface area (Å²) in [6.45, 7) is 0.